The smallest absolute Gasteiger partial charge is 0.256 e. The number of fused-ring (bicyclic) bond motifs is 1. The van der Waals surface area contributed by atoms with Gasteiger partial charge in [0.25, 0.3) is 5.91 Å². The Balaban J connectivity index is 1.72. The second-order valence-electron chi connectivity index (χ2n) is 6.80. The minimum atomic E-state index is -0.326. The third-order valence-electron chi connectivity index (χ3n) is 4.68. The number of benzene rings is 1. The van der Waals surface area contributed by atoms with Crippen molar-refractivity contribution in [1.29, 1.82) is 0 Å². The molecule has 1 amide bonds. The lowest BCUT2D eigenvalue weighted by molar-refractivity contribution is -0.0226. The number of aromatic nitrogens is 1. The van der Waals surface area contributed by atoms with Crippen molar-refractivity contribution in [2.75, 3.05) is 33.3 Å². The minimum absolute atomic E-state index is 0.126. The van der Waals surface area contributed by atoms with Gasteiger partial charge in [-0.15, -0.1) is 0 Å². The minimum Gasteiger partial charge on any atom is -0.375 e. The van der Waals surface area contributed by atoms with Crippen LogP contribution in [0.1, 0.15) is 22.3 Å². The lowest BCUT2D eigenvalue weighted by atomic mass is 10.1. The zero-order chi connectivity index (χ0) is 18.0. The van der Waals surface area contributed by atoms with Gasteiger partial charge in [-0.3, -0.25) is 9.59 Å². The largest absolute Gasteiger partial charge is 0.375 e. The van der Waals surface area contributed by atoms with Crippen LogP contribution < -0.4 is 10.7 Å². The van der Waals surface area contributed by atoms with Gasteiger partial charge < -0.3 is 19.5 Å². The van der Waals surface area contributed by atoms with Crippen molar-refractivity contribution >= 4 is 16.8 Å². The van der Waals surface area contributed by atoms with Gasteiger partial charge in [-0.25, -0.2) is 0 Å². The molecular formula is C19H25N3O3. The Morgan fingerprint density at radius 1 is 1.36 bits per heavy atom. The molecule has 1 aliphatic heterocycles. The van der Waals surface area contributed by atoms with Crippen molar-refractivity contribution in [3.05, 3.63) is 45.7 Å². The lowest BCUT2D eigenvalue weighted by Crippen LogP contribution is -2.41. The maximum atomic E-state index is 12.7. The second kappa shape index (κ2) is 7.37. The molecule has 1 atom stereocenters. The van der Waals surface area contributed by atoms with Gasteiger partial charge in [-0.2, -0.15) is 0 Å². The molecule has 0 bridgehead atoms. The maximum Gasteiger partial charge on any atom is 0.256 e. The Morgan fingerprint density at radius 2 is 2.16 bits per heavy atom. The number of pyridine rings is 1. The van der Waals surface area contributed by atoms with E-state index in [9.17, 15) is 9.59 Å². The first kappa shape index (κ1) is 17.6. The Kier molecular flexibility index (Phi) is 5.20. The van der Waals surface area contributed by atoms with Crippen molar-refractivity contribution in [2.24, 2.45) is 7.05 Å². The van der Waals surface area contributed by atoms with Crippen molar-refractivity contribution < 1.29 is 9.53 Å². The lowest BCUT2D eigenvalue weighted by Gasteiger charge is -2.30. The van der Waals surface area contributed by atoms with Crippen LogP contribution in [0.25, 0.3) is 10.9 Å². The number of carbonyl (C=O) groups excluding carboxylic acids is 1. The van der Waals surface area contributed by atoms with Gasteiger partial charge in [0, 0.05) is 38.3 Å². The Bertz CT molecular complexity index is 844. The summed E-state index contributed by atoms with van der Waals surface area (Å²) >= 11 is 0. The summed E-state index contributed by atoms with van der Waals surface area (Å²) in [6.45, 7) is 4.96. The molecule has 0 radical (unpaired) electrons. The highest BCUT2D eigenvalue weighted by Crippen LogP contribution is 2.13. The third kappa shape index (κ3) is 3.91. The van der Waals surface area contributed by atoms with E-state index in [1.54, 1.807) is 6.20 Å². The molecular weight excluding hydrogens is 318 g/mol. The van der Waals surface area contributed by atoms with Crippen LogP contribution in [0, 0.1) is 6.92 Å². The van der Waals surface area contributed by atoms with Crippen LogP contribution in [0.15, 0.2) is 29.2 Å². The van der Waals surface area contributed by atoms with E-state index in [-0.39, 0.29) is 23.0 Å². The fourth-order valence-electron chi connectivity index (χ4n) is 3.25. The van der Waals surface area contributed by atoms with Gasteiger partial charge >= 0.3 is 0 Å². The van der Waals surface area contributed by atoms with Crippen molar-refractivity contribution in [2.45, 2.75) is 19.4 Å². The molecule has 2 heterocycles. The fraction of sp³-hybridized carbons (Fsp3) is 0.474. The van der Waals surface area contributed by atoms with Gasteiger partial charge in [0.2, 0.25) is 5.43 Å². The van der Waals surface area contributed by atoms with E-state index < -0.39 is 0 Å². The van der Waals surface area contributed by atoms with Crippen molar-refractivity contribution in [1.82, 2.24) is 14.8 Å². The molecule has 1 aromatic carbocycles. The molecule has 1 saturated heterocycles. The Morgan fingerprint density at radius 3 is 2.92 bits per heavy atom. The van der Waals surface area contributed by atoms with Crippen LogP contribution >= 0.6 is 0 Å². The van der Waals surface area contributed by atoms with E-state index >= 15 is 0 Å². The highest BCUT2D eigenvalue weighted by atomic mass is 16.5. The number of likely N-dealkylation sites (N-methyl/N-ethyl adjacent to an activating group) is 1. The first-order valence-electron chi connectivity index (χ1n) is 8.64. The van der Waals surface area contributed by atoms with Crippen molar-refractivity contribution in [3.63, 3.8) is 0 Å². The Hall–Kier alpha value is -2.18. The summed E-state index contributed by atoms with van der Waals surface area (Å²) in [5, 5.41) is 3.43. The number of hydrogen-bond acceptors (Lipinski definition) is 4. The van der Waals surface area contributed by atoms with Crippen LogP contribution in [-0.4, -0.2) is 54.8 Å². The highest BCUT2D eigenvalue weighted by molar-refractivity contribution is 5.97. The monoisotopic (exact) mass is 343 g/mol. The highest BCUT2D eigenvalue weighted by Gasteiger charge is 2.19. The summed E-state index contributed by atoms with van der Waals surface area (Å²) in [7, 11) is 3.91. The molecule has 6 heteroatoms. The number of amides is 1. The van der Waals surface area contributed by atoms with Crippen LogP contribution in [0.5, 0.6) is 0 Å². The molecule has 1 aliphatic rings. The SMILES string of the molecule is Cc1ccc2c(c1)c(=O)c(C(=O)NCC[C@@H]1CN(C)CCO1)cn2C. The molecule has 1 aromatic heterocycles. The number of ether oxygens (including phenoxy) is 1. The summed E-state index contributed by atoms with van der Waals surface area (Å²) in [6, 6.07) is 5.70. The zero-order valence-electron chi connectivity index (χ0n) is 15.0. The van der Waals surface area contributed by atoms with Gasteiger partial charge in [0.1, 0.15) is 5.56 Å². The molecule has 0 spiro atoms. The standard InChI is InChI=1S/C19H25N3O3/c1-13-4-5-17-15(10-13)18(23)16(12-22(17)3)19(24)20-7-6-14-11-21(2)8-9-25-14/h4-5,10,12,14H,6-9,11H2,1-3H3,(H,20,24)/t14-/m1/s1. The molecule has 25 heavy (non-hydrogen) atoms. The second-order valence-corrected chi connectivity index (χ2v) is 6.80. The average Bonchev–Trinajstić information content (AvgIpc) is 2.58. The Labute approximate surface area is 147 Å². The fourth-order valence-corrected chi connectivity index (χ4v) is 3.25. The van der Waals surface area contributed by atoms with E-state index in [1.807, 2.05) is 36.7 Å². The maximum absolute atomic E-state index is 12.7. The molecule has 1 fully saturated rings. The topological polar surface area (TPSA) is 63.6 Å². The number of nitrogens with zero attached hydrogens (tertiary/aromatic N) is 2. The van der Waals surface area contributed by atoms with Gasteiger partial charge in [0.05, 0.1) is 18.2 Å². The summed E-state index contributed by atoms with van der Waals surface area (Å²) in [4.78, 5) is 27.4. The van der Waals surface area contributed by atoms with E-state index in [2.05, 4.69) is 17.3 Å². The third-order valence-corrected chi connectivity index (χ3v) is 4.68. The van der Waals surface area contributed by atoms with Crippen LogP contribution in [-0.2, 0) is 11.8 Å². The molecule has 3 rings (SSSR count). The number of nitrogens with one attached hydrogen (secondary N) is 1. The number of morpholine rings is 1. The van der Waals surface area contributed by atoms with E-state index in [4.69, 9.17) is 4.74 Å². The number of hydrogen-bond donors (Lipinski definition) is 1. The molecule has 0 unspecified atom stereocenters. The van der Waals surface area contributed by atoms with Gasteiger partial charge in [-0.05, 0) is 32.5 Å². The predicted molar refractivity (Wildman–Crippen MR) is 98.1 cm³/mol. The molecule has 134 valence electrons. The molecule has 6 nitrogen and oxygen atoms in total. The van der Waals surface area contributed by atoms with Crippen molar-refractivity contribution in [3.8, 4) is 0 Å². The first-order chi connectivity index (χ1) is 12.0. The quantitative estimate of drug-likeness (QED) is 0.909. The van der Waals surface area contributed by atoms with Crippen LogP contribution in [0.2, 0.25) is 0 Å². The van der Waals surface area contributed by atoms with Gasteiger partial charge in [0.15, 0.2) is 0 Å². The zero-order valence-corrected chi connectivity index (χ0v) is 15.0. The van der Waals surface area contributed by atoms with Crippen LogP contribution in [0.3, 0.4) is 0 Å². The van der Waals surface area contributed by atoms with E-state index in [0.717, 1.165) is 37.2 Å². The van der Waals surface area contributed by atoms with E-state index in [1.165, 1.54) is 0 Å². The normalized spacial score (nSPS) is 18.4. The number of aryl methyl sites for hydroxylation is 2. The number of carbonyl (C=O) groups is 1. The van der Waals surface area contributed by atoms with E-state index in [0.29, 0.717) is 11.9 Å². The molecule has 0 saturated carbocycles. The summed E-state index contributed by atoms with van der Waals surface area (Å²) < 4.78 is 7.51. The summed E-state index contributed by atoms with van der Waals surface area (Å²) in [6.07, 6.45) is 2.48. The molecule has 1 N–H and O–H groups in total. The predicted octanol–water partition coefficient (Wildman–Crippen LogP) is 1.30. The summed E-state index contributed by atoms with van der Waals surface area (Å²) in [5.41, 5.74) is 1.79. The average molecular weight is 343 g/mol. The number of rotatable bonds is 4. The van der Waals surface area contributed by atoms with Gasteiger partial charge in [-0.1, -0.05) is 11.6 Å². The first-order valence-corrected chi connectivity index (χ1v) is 8.64. The summed E-state index contributed by atoms with van der Waals surface area (Å²) in [5.74, 6) is -0.326. The molecule has 2 aromatic rings. The molecule has 0 aliphatic carbocycles. The van der Waals surface area contributed by atoms with Crippen LogP contribution in [0.4, 0.5) is 0 Å².